The molecule has 0 saturated carbocycles. The molecule has 165 valence electrons. The van der Waals surface area contributed by atoms with Crippen LogP contribution >= 0.6 is 0 Å². The molecule has 1 aliphatic rings. The molecule has 1 atom stereocenters. The monoisotopic (exact) mass is 499 g/mol. The molecule has 0 amide bonds. The Morgan fingerprint density at radius 3 is 1.56 bits per heavy atom. The summed E-state index contributed by atoms with van der Waals surface area (Å²) in [7, 11) is 0. The third kappa shape index (κ3) is 7.20. The summed E-state index contributed by atoms with van der Waals surface area (Å²) in [5, 5.41) is 9.99. The van der Waals surface area contributed by atoms with Crippen molar-refractivity contribution in [2.45, 2.75) is 33.8 Å². The molecule has 0 bridgehead atoms. The molecular formula is C28H29Cl2OTi. The predicted molar refractivity (Wildman–Crippen MR) is 122 cm³/mol. The number of benzene rings is 3. The van der Waals surface area contributed by atoms with Crippen LogP contribution in [0.4, 0.5) is 0 Å². The van der Waals surface area contributed by atoms with Crippen molar-refractivity contribution in [3.8, 4) is 0 Å². The summed E-state index contributed by atoms with van der Waals surface area (Å²) in [4.78, 5) is 0. The summed E-state index contributed by atoms with van der Waals surface area (Å²) >= 11 is 0. The summed E-state index contributed by atoms with van der Waals surface area (Å²) in [5.41, 5.74) is 8.94. The van der Waals surface area contributed by atoms with E-state index in [1.165, 1.54) is 27.9 Å². The third-order valence-corrected chi connectivity index (χ3v) is 5.87. The minimum absolute atomic E-state index is 0. The first kappa shape index (κ1) is 30.4. The largest absolute Gasteiger partial charge is 3.00 e. The Kier molecular flexibility index (Phi) is 13.8. The standard InChI is InChI=1S/C15H17.C13H12O.2ClH.Ti/c1-10-11(2)13(4)15(12(10)3)14-8-6-5-7-9-14;14-13(11-7-3-1-4-8-11)12-9-5-2-6-10-12;;;/h5-8,12H,1-4H3;1-10,13-14H;2*1H;/q-1;;;;+3/p-2. The van der Waals surface area contributed by atoms with Crippen LogP contribution in [0.15, 0.2) is 102 Å². The summed E-state index contributed by atoms with van der Waals surface area (Å²) in [6.45, 7) is 8.96. The van der Waals surface area contributed by atoms with E-state index in [2.05, 4.69) is 45.9 Å². The van der Waals surface area contributed by atoms with Gasteiger partial charge in [0.05, 0.1) is 0 Å². The summed E-state index contributed by atoms with van der Waals surface area (Å²) in [6, 6.07) is 30.9. The van der Waals surface area contributed by atoms with Gasteiger partial charge in [0.15, 0.2) is 0 Å². The van der Waals surface area contributed by atoms with Crippen LogP contribution in [0.25, 0.3) is 5.57 Å². The molecule has 0 saturated heterocycles. The van der Waals surface area contributed by atoms with Crippen molar-refractivity contribution in [2.75, 3.05) is 0 Å². The van der Waals surface area contributed by atoms with Crippen molar-refractivity contribution in [3.05, 3.63) is 124 Å². The topological polar surface area (TPSA) is 20.2 Å². The van der Waals surface area contributed by atoms with E-state index < -0.39 is 6.10 Å². The molecule has 0 heterocycles. The summed E-state index contributed by atoms with van der Waals surface area (Å²) in [6.07, 6.45) is -0.516. The number of allylic oxidation sites excluding steroid dienone is 4. The second-order valence-electron chi connectivity index (χ2n) is 7.57. The fourth-order valence-corrected chi connectivity index (χ4v) is 3.82. The van der Waals surface area contributed by atoms with Crippen LogP contribution in [-0.2, 0) is 21.7 Å². The molecule has 4 rings (SSSR count). The first-order chi connectivity index (χ1) is 14.0. The molecule has 1 N–H and O–H groups in total. The molecule has 1 aliphatic carbocycles. The molecule has 0 aromatic heterocycles. The molecule has 0 aliphatic heterocycles. The van der Waals surface area contributed by atoms with E-state index in [4.69, 9.17) is 0 Å². The van der Waals surface area contributed by atoms with Crippen molar-refractivity contribution in [3.63, 3.8) is 0 Å². The zero-order valence-corrected chi connectivity index (χ0v) is 22.0. The van der Waals surface area contributed by atoms with Crippen LogP contribution in [0.1, 0.15) is 50.5 Å². The minimum atomic E-state index is -0.516. The molecule has 1 radical (unpaired) electrons. The van der Waals surface area contributed by atoms with Gasteiger partial charge in [-0.15, -0.1) is 41.5 Å². The number of hydrogen-bond donors (Lipinski definition) is 1. The first-order valence-corrected chi connectivity index (χ1v) is 10.1. The molecule has 3 aromatic carbocycles. The van der Waals surface area contributed by atoms with Gasteiger partial charge >= 0.3 is 21.7 Å². The minimum Gasteiger partial charge on any atom is -1.00 e. The van der Waals surface area contributed by atoms with E-state index in [-0.39, 0.29) is 46.5 Å². The normalized spacial score (nSPS) is 14.6. The molecule has 4 heteroatoms. The second kappa shape index (κ2) is 14.5. The van der Waals surface area contributed by atoms with E-state index in [0.717, 1.165) is 11.1 Å². The number of aliphatic hydroxyl groups is 1. The van der Waals surface area contributed by atoms with E-state index >= 15 is 0 Å². The molecule has 32 heavy (non-hydrogen) atoms. The molecule has 1 unspecified atom stereocenters. The van der Waals surface area contributed by atoms with Gasteiger partial charge in [-0.2, -0.15) is 0 Å². The van der Waals surface area contributed by atoms with Crippen molar-refractivity contribution in [1.29, 1.82) is 0 Å². The predicted octanol–water partition coefficient (Wildman–Crippen LogP) is 1.02. The Bertz CT molecular complexity index is 960. The maximum atomic E-state index is 9.99. The van der Waals surface area contributed by atoms with E-state index in [1.54, 1.807) is 0 Å². The fourth-order valence-electron chi connectivity index (χ4n) is 3.82. The Morgan fingerprint density at radius 2 is 1.19 bits per heavy atom. The summed E-state index contributed by atoms with van der Waals surface area (Å²) in [5.74, 6) is 0.545. The summed E-state index contributed by atoms with van der Waals surface area (Å²) < 4.78 is 0. The Hall–Kier alpha value is -1.61. The van der Waals surface area contributed by atoms with Gasteiger partial charge in [0.25, 0.3) is 0 Å². The van der Waals surface area contributed by atoms with Gasteiger partial charge in [0.2, 0.25) is 0 Å². The van der Waals surface area contributed by atoms with Crippen molar-refractivity contribution in [2.24, 2.45) is 5.92 Å². The van der Waals surface area contributed by atoms with E-state index in [9.17, 15) is 5.11 Å². The molecule has 0 fully saturated rings. The van der Waals surface area contributed by atoms with Crippen LogP contribution in [0, 0.1) is 12.0 Å². The van der Waals surface area contributed by atoms with Crippen LogP contribution in [0.3, 0.4) is 0 Å². The second-order valence-corrected chi connectivity index (χ2v) is 7.57. The van der Waals surface area contributed by atoms with Crippen molar-refractivity contribution in [1.82, 2.24) is 0 Å². The van der Waals surface area contributed by atoms with Gasteiger partial charge in [-0.3, -0.25) is 0 Å². The van der Waals surface area contributed by atoms with Crippen LogP contribution in [0.2, 0.25) is 0 Å². The Morgan fingerprint density at radius 1 is 0.719 bits per heavy atom. The smallest absolute Gasteiger partial charge is 1.00 e. The molecule has 0 spiro atoms. The fraction of sp³-hybridized carbons (Fsp3) is 0.214. The zero-order valence-electron chi connectivity index (χ0n) is 18.9. The van der Waals surface area contributed by atoms with Gasteiger partial charge in [-0.1, -0.05) is 84.3 Å². The van der Waals surface area contributed by atoms with Gasteiger partial charge in [0.1, 0.15) is 6.10 Å². The van der Waals surface area contributed by atoms with E-state index in [1.807, 2.05) is 72.8 Å². The van der Waals surface area contributed by atoms with Gasteiger partial charge in [0, 0.05) is 0 Å². The van der Waals surface area contributed by atoms with Crippen LogP contribution in [-0.4, -0.2) is 5.11 Å². The maximum absolute atomic E-state index is 9.99. The Labute approximate surface area is 220 Å². The first-order valence-electron chi connectivity index (χ1n) is 10.1. The Balaban J connectivity index is 0.000000550. The average molecular weight is 500 g/mol. The van der Waals surface area contributed by atoms with Gasteiger partial charge in [-0.05, 0) is 37.8 Å². The number of rotatable bonds is 3. The number of halogens is 2. The number of hydrogen-bond acceptors (Lipinski definition) is 1. The average Bonchev–Trinajstić information content (AvgIpc) is 2.98. The van der Waals surface area contributed by atoms with Crippen molar-refractivity contribution >= 4 is 5.57 Å². The van der Waals surface area contributed by atoms with Crippen molar-refractivity contribution < 1.29 is 51.6 Å². The van der Waals surface area contributed by atoms with E-state index in [0.29, 0.717) is 5.92 Å². The van der Waals surface area contributed by atoms with Crippen LogP contribution in [0.5, 0.6) is 0 Å². The molecule has 3 aromatic rings. The SMILES string of the molecule is CC1=C(C)C(C)C(c2[c-]cccc2)=C1C.OC(c1ccccc1)c1ccccc1.[Cl-].[Cl-].[Ti+3]. The maximum Gasteiger partial charge on any atom is 3.00 e. The molecular weight excluding hydrogens is 471 g/mol. The molecule has 1 nitrogen and oxygen atoms in total. The number of aliphatic hydroxyl groups excluding tert-OH is 1. The third-order valence-electron chi connectivity index (χ3n) is 5.87. The van der Waals surface area contributed by atoms with Gasteiger partial charge < -0.3 is 29.9 Å². The zero-order chi connectivity index (χ0) is 20.8. The quantitative estimate of drug-likeness (QED) is 0.421. The van der Waals surface area contributed by atoms with Gasteiger partial charge in [-0.25, -0.2) is 0 Å². The van der Waals surface area contributed by atoms with Crippen LogP contribution < -0.4 is 24.8 Å².